The van der Waals surface area contributed by atoms with Crippen molar-refractivity contribution in [3.05, 3.63) is 12.7 Å². The van der Waals surface area contributed by atoms with Gasteiger partial charge >= 0.3 is 0 Å². The van der Waals surface area contributed by atoms with Gasteiger partial charge in [-0.05, 0) is 25.7 Å². The van der Waals surface area contributed by atoms with Crippen molar-refractivity contribution in [2.75, 3.05) is 13.1 Å². The molecule has 0 radical (unpaired) electrons. The molecule has 1 spiro atoms. The highest BCUT2D eigenvalue weighted by Crippen LogP contribution is 2.42. The zero-order valence-electron chi connectivity index (χ0n) is 8.93. The highest BCUT2D eigenvalue weighted by atomic mass is 16.5. The Balaban J connectivity index is 1.74. The van der Waals surface area contributed by atoms with Crippen molar-refractivity contribution in [3.63, 3.8) is 0 Å². The topological polar surface area (TPSA) is 21.3 Å². The molecular weight excluding hydrogens is 174 g/mol. The van der Waals surface area contributed by atoms with E-state index in [0.29, 0.717) is 11.7 Å². The third kappa shape index (κ3) is 2.18. The summed E-state index contributed by atoms with van der Waals surface area (Å²) in [5.74, 6) is 0. The Morgan fingerprint density at radius 2 is 2.14 bits per heavy atom. The van der Waals surface area contributed by atoms with Gasteiger partial charge in [0.2, 0.25) is 0 Å². The van der Waals surface area contributed by atoms with Crippen LogP contribution in [0.2, 0.25) is 0 Å². The lowest BCUT2D eigenvalue weighted by atomic mass is 9.98. The summed E-state index contributed by atoms with van der Waals surface area (Å²) in [6, 6.07) is 0. The third-order valence-corrected chi connectivity index (χ3v) is 3.51. The molecule has 2 heteroatoms. The van der Waals surface area contributed by atoms with Crippen molar-refractivity contribution in [2.45, 2.75) is 50.2 Å². The summed E-state index contributed by atoms with van der Waals surface area (Å²) < 4.78 is 6.16. The van der Waals surface area contributed by atoms with Crippen LogP contribution in [0.3, 0.4) is 0 Å². The van der Waals surface area contributed by atoms with E-state index >= 15 is 0 Å². The van der Waals surface area contributed by atoms with Gasteiger partial charge in [-0.25, -0.2) is 0 Å². The van der Waals surface area contributed by atoms with Gasteiger partial charge in [-0.1, -0.05) is 18.9 Å². The van der Waals surface area contributed by atoms with Gasteiger partial charge in [0.15, 0.2) is 0 Å². The third-order valence-electron chi connectivity index (χ3n) is 3.51. The van der Waals surface area contributed by atoms with Crippen molar-refractivity contribution < 1.29 is 4.74 Å². The number of nitrogens with one attached hydrogen (secondary N) is 1. The predicted molar refractivity (Wildman–Crippen MR) is 58.4 cm³/mol. The minimum Gasteiger partial charge on any atom is -0.370 e. The zero-order valence-corrected chi connectivity index (χ0v) is 8.93. The van der Waals surface area contributed by atoms with E-state index in [-0.39, 0.29) is 0 Å². The average Bonchev–Trinajstić information content (AvgIpc) is 2.79. The summed E-state index contributed by atoms with van der Waals surface area (Å²) in [5.41, 5.74) is 0.292. The van der Waals surface area contributed by atoms with E-state index in [1.807, 2.05) is 6.08 Å². The second-order valence-electron chi connectivity index (χ2n) is 4.62. The van der Waals surface area contributed by atoms with Gasteiger partial charge in [-0.3, -0.25) is 0 Å². The van der Waals surface area contributed by atoms with E-state index < -0.39 is 0 Å². The van der Waals surface area contributed by atoms with Gasteiger partial charge in [-0.2, -0.15) is 0 Å². The standard InChI is InChI=1S/C12H21NO/c1-2-9-13-10-11-5-8-12(14-11)6-3-4-7-12/h2,11,13H,1,3-10H2. The summed E-state index contributed by atoms with van der Waals surface area (Å²) in [6.07, 6.45) is 10.2. The second-order valence-corrected chi connectivity index (χ2v) is 4.62. The monoisotopic (exact) mass is 195 g/mol. The molecule has 2 fully saturated rings. The van der Waals surface area contributed by atoms with Crippen LogP contribution in [0, 0.1) is 0 Å². The quantitative estimate of drug-likeness (QED) is 0.549. The molecule has 2 aliphatic rings. The molecule has 1 aliphatic heterocycles. The van der Waals surface area contributed by atoms with E-state index in [9.17, 15) is 0 Å². The first-order valence-corrected chi connectivity index (χ1v) is 5.84. The molecule has 0 aromatic heterocycles. The van der Waals surface area contributed by atoms with Crippen LogP contribution in [-0.2, 0) is 4.74 Å². The fourth-order valence-corrected chi connectivity index (χ4v) is 2.77. The molecule has 0 amide bonds. The molecule has 2 rings (SSSR count). The Kier molecular flexibility index (Phi) is 3.24. The van der Waals surface area contributed by atoms with Crippen LogP contribution in [0.4, 0.5) is 0 Å². The smallest absolute Gasteiger partial charge is 0.0708 e. The summed E-state index contributed by atoms with van der Waals surface area (Å²) >= 11 is 0. The first-order chi connectivity index (χ1) is 6.85. The largest absolute Gasteiger partial charge is 0.370 e. The van der Waals surface area contributed by atoms with Gasteiger partial charge in [0.1, 0.15) is 0 Å². The molecule has 1 unspecified atom stereocenters. The predicted octanol–water partition coefficient (Wildman–Crippen LogP) is 2.25. The van der Waals surface area contributed by atoms with Crippen molar-refractivity contribution in [1.82, 2.24) is 5.32 Å². The SMILES string of the molecule is C=CCNCC1CCC2(CCCC2)O1. The summed E-state index contributed by atoms with van der Waals surface area (Å²) in [6.45, 7) is 5.58. The Bertz CT molecular complexity index is 196. The molecule has 0 aromatic carbocycles. The molecule has 14 heavy (non-hydrogen) atoms. The molecule has 80 valence electrons. The zero-order chi connectivity index (χ0) is 9.86. The maximum absolute atomic E-state index is 6.16. The van der Waals surface area contributed by atoms with Crippen molar-refractivity contribution in [3.8, 4) is 0 Å². The van der Waals surface area contributed by atoms with E-state index in [4.69, 9.17) is 4.74 Å². The lowest BCUT2D eigenvalue weighted by molar-refractivity contribution is -0.0347. The minimum absolute atomic E-state index is 0.292. The number of ether oxygens (including phenoxy) is 1. The Labute approximate surface area is 86.7 Å². The Morgan fingerprint density at radius 3 is 2.86 bits per heavy atom. The number of hydrogen-bond donors (Lipinski definition) is 1. The maximum Gasteiger partial charge on any atom is 0.0708 e. The van der Waals surface area contributed by atoms with Crippen LogP contribution in [-0.4, -0.2) is 24.8 Å². The van der Waals surface area contributed by atoms with Crippen LogP contribution in [0.1, 0.15) is 38.5 Å². The van der Waals surface area contributed by atoms with Crippen LogP contribution in [0.5, 0.6) is 0 Å². The average molecular weight is 195 g/mol. The van der Waals surface area contributed by atoms with Gasteiger partial charge in [0.05, 0.1) is 11.7 Å². The number of hydrogen-bond acceptors (Lipinski definition) is 2. The second kappa shape index (κ2) is 4.45. The maximum atomic E-state index is 6.16. The Hall–Kier alpha value is -0.340. The lowest BCUT2D eigenvalue weighted by Crippen LogP contribution is -2.31. The Morgan fingerprint density at radius 1 is 1.36 bits per heavy atom. The van der Waals surface area contributed by atoms with Crippen LogP contribution >= 0.6 is 0 Å². The molecule has 1 aliphatic carbocycles. The van der Waals surface area contributed by atoms with Crippen LogP contribution in [0.15, 0.2) is 12.7 Å². The fraction of sp³-hybridized carbons (Fsp3) is 0.833. The molecule has 1 saturated heterocycles. The normalized spacial score (nSPS) is 29.9. The molecule has 2 nitrogen and oxygen atoms in total. The first-order valence-electron chi connectivity index (χ1n) is 5.84. The van der Waals surface area contributed by atoms with E-state index in [1.165, 1.54) is 38.5 Å². The molecule has 1 saturated carbocycles. The lowest BCUT2D eigenvalue weighted by Gasteiger charge is -2.23. The first kappa shape index (κ1) is 10.2. The molecular formula is C12H21NO. The van der Waals surface area contributed by atoms with Crippen molar-refractivity contribution in [1.29, 1.82) is 0 Å². The van der Waals surface area contributed by atoms with Crippen LogP contribution < -0.4 is 5.32 Å². The van der Waals surface area contributed by atoms with Crippen LogP contribution in [0.25, 0.3) is 0 Å². The highest BCUT2D eigenvalue weighted by Gasteiger charge is 2.41. The van der Waals surface area contributed by atoms with Gasteiger partial charge < -0.3 is 10.1 Å². The van der Waals surface area contributed by atoms with Gasteiger partial charge in [-0.15, -0.1) is 6.58 Å². The minimum atomic E-state index is 0.292. The summed E-state index contributed by atoms with van der Waals surface area (Å²) in [5, 5.41) is 3.34. The fourth-order valence-electron chi connectivity index (χ4n) is 2.77. The van der Waals surface area contributed by atoms with Gasteiger partial charge in [0, 0.05) is 13.1 Å². The molecule has 1 atom stereocenters. The number of rotatable bonds is 4. The van der Waals surface area contributed by atoms with E-state index in [1.54, 1.807) is 0 Å². The van der Waals surface area contributed by atoms with Crippen molar-refractivity contribution in [2.24, 2.45) is 0 Å². The van der Waals surface area contributed by atoms with E-state index in [0.717, 1.165) is 13.1 Å². The summed E-state index contributed by atoms with van der Waals surface area (Å²) in [7, 11) is 0. The molecule has 0 aromatic rings. The highest BCUT2D eigenvalue weighted by molar-refractivity contribution is 4.93. The summed E-state index contributed by atoms with van der Waals surface area (Å²) in [4.78, 5) is 0. The molecule has 0 bridgehead atoms. The van der Waals surface area contributed by atoms with Crippen molar-refractivity contribution >= 4 is 0 Å². The van der Waals surface area contributed by atoms with Gasteiger partial charge in [0.25, 0.3) is 0 Å². The molecule has 1 N–H and O–H groups in total. The molecule has 1 heterocycles. The van der Waals surface area contributed by atoms with E-state index in [2.05, 4.69) is 11.9 Å².